The van der Waals surface area contributed by atoms with Crippen LogP contribution in [0.25, 0.3) is 10.2 Å². The molecule has 0 saturated carbocycles. The molecule has 0 radical (unpaired) electrons. The molecular formula is C27H27FN2O3S2. The van der Waals surface area contributed by atoms with E-state index in [1.807, 2.05) is 42.5 Å². The van der Waals surface area contributed by atoms with Crippen LogP contribution >= 0.6 is 11.3 Å². The number of sulfone groups is 1. The Balaban J connectivity index is 1.56. The van der Waals surface area contributed by atoms with Crippen molar-refractivity contribution in [3.8, 4) is 0 Å². The third kappa shape index (κ3) is 5.94. The van der Waals surface area contributed by atoms with Crippen LogP contribution in [0.1, 0.15) is 43.7 Å². The predicted molar refractivity (Wildman–Crippen MR) is 139 cm³/mol. The lowest BCUT2D eigenvalue weighted by Gasteiger charge is -2.20. The highest BCUT2D eigenvalue weighted by atomic mass is 32.2. The number of carbonyl (C=O) groups is 1. The number of hydrogen-bond donors (Lipinski definition) is 0. The minimum absolute atomic E-state index is 0.0554. The lowest BCUT2D eigenvalue weighted by molar-refractivity contribution is -0.118. The molecular weight excluding hydrogens is 483 g/mol. The van der Waals surface area contributed by atoms with E-state index in [0.29, 0.717) is 17.6 Å². The fraction of sp³-hybridized carbons (Fsp3) is 0.259. The molecule has 0 aliphatic heterocycles. The monoisotopic (exact) mass is 510 g/mol. The third-order valence-corrected chi connectivity index (χ3v) is 8.61. The van der Waals surface area contributed by atoms with Gasteiger partial charge < -0.3 is 0 Å². The topological polar surface area (TPSA) is 67.3 Å². The highest BCUT2D eigenvalue weighted by Gasteiger charge is 2.23. The van der Waals surface area contributed by atoms with E-state index in [9.17, 15) is 17.6 Å². The predicted octanol–water partition coefficient (Wildman–Crippen LogP) is 6.35. The van der Waals surface area contributed by atoms with Crippen LogP contribution in [-0.4, -0.2) is 25.1 Å². The second-order valence-corrected chi connectivity index (χ2v) is 11.8. The summed E-state index contributed by atoms with van der Waals surface area (Å²) in [5, 5.41) is 0.600. The van der Waals surface area contributed by atoms with Crippen LogP contribution in [0.4, 0.5) is 9.52 Å². The van der Waals surface area contributed by atoms with Crippen LogP contribution < -0.4 is 4.90 Å². The van der Waals surface area contributed by atoms with Gasteiger partial charge in [-0.2, -0.15) is 0 Å². The zero-order valence-electron chi connectivity index (χ0n) is 19.6. The molecule has 0 fully saturated rings. The standard InChI is InChI=1S/C27H27FN2O3S2/c1-19(2)23-10-6-11-24-26(23)29-27(34-24)30(18-20-8-4-3-5-9-20)25(31)12-7-17-35(32,33)22-15-13-21(28)14-16-22/h3-6,8-11,13-16,19H,7,12,17-18H2,1-2H3. The van der Waals surface area contributed by atoms with Gasteiger partial charge in [0.2, 0.25) is 5.91 Å². The number of aromatic nitrogens is 1. The van der Waals surface area contributed by atoms with Gasteiger partial charge in [-0.3, -0.25) is 9.69 Å². The SMILES string of the molecule is CC(C)c1cccc2sc(N(Cc3ccccc3)C(=O)CCCS(=O)(=O)c3ccc(F)cc3)nc12. The maximum absolute atomic E-state index is 13.4. The molecule has 0 aliphatic rings. The summed E-state index contributed by atoms with van der Waals surface area (Å²) in [6.07, 6.45) is 0.214. The number of halogens is 1. The molecule has 0 atom stereocenters. The van der Waals surface area contributed by atoms with Crippen LogP contribution in [0.5, 0.6) is 0 Å². The van der Waals surface area contributed by atoms with Crippen molar-refractivity contribution >= 4 is 42.4 Å². The van der Waals surface area contributed by atoms with Gasteiger partial charge in [0.1, 0.15) is 5.82 Å². The average molecular weight is 511 g/mol. The minimum atomic E-state index is -3.61. The Hall–Kier alpha value is -3.10. The minimum Gasteiger partial charge on any atom is -0.284 e. The molecule has 0 aliphatic carbocycles. The highest BCUT2D eigenvalue weighted by molar-refractivity contribution is 7.91. The van der Waals surface area contributed by atoms with E-state index in [2.05, 4.69) is 19.9 Å². The fourth-order valence-corrected chi connectivity index (χ4v) is 6.20. The molecule has 0 bridgehead atoms. The molecule has 5 nitrogen and oxygen atoms in total. The first kappa shape index (κ1) is 25.0. The molecule has 0 saturated heterocycles. The van der Waals surface area contributed by atoms with E-state index in [4.69, 9.17) is 4.98 Å². The van der Waals surface area contributed by atoms with Crippen molar-refractivity contribution < 1.29 is 17.6 Å². The number of thiazole rings is 1. The summed E-state index contributed by atoms with van der Waals surface area (Å²) < 4.78 is 39.4. The van der Waals surface area contributed by atoms with Crippen LogP contribution in [0.2, 0.25) is 0 Å². The quantitative estimate of drug-likeness (QED) is 0.246. The first-order valence-electron chi connectivity index (χ1n) is 11.5. The molecule has 4 aromatic rings. The first-order chi connectivity index (χ1) is 16.7. The zero-order chi connectivity index (χ0) is 25.0. The van der Waals surface area contributed by atoms with Gasteiger partial charge in [-0.25, -0.2) is 17.8 Å². The molecule has 8 heteroatoms. The molecule has 1 aromatic heterocycles. The fourth-order valence-electron chi connectivity index (χ4n) is 3.88. The van der Waals surface area contributed by atoms with Gasteiger partial charge in [-0.1, -0.05) is 67.6 Å². The average Bonchev–Trinajstić information content (AvgIpc) is 3.27. The van der Waals surface area contributed by atoms with Crippen molar-refractivity contribution in [2.24, 2.45) is 0 Å². The van der Waals surface area contributed by atoms with E-state index in [0.717, 1.165) is 33.5 Å². The van der Waals surface area contributed by atoms with Crippen LogP contribution in [0, 0.1) is 5.82 Å². The maximum atomic E-state index is 13.4. The number of carbonyl (C=O) groups excluding carboxylic acids is 1. The Kier molecular flexibility index (Phi) is 7.62. The highest BCUT2D eigenvalue weighted by Crippen LogP contribution is 2.34. The second kappa shape index (κ2) is 10.7. The van der Waals surface area contributed by atoms with Crippen molar-refractivity contribution in [2.45, 2.75) is 44.0 Å². The molecule has 0 unspecified atom stereocenters. The maximum Gasteiger partial charge on any atom is 0.229 e. The lowest BCUT2D eigenvalue weighted by atomic mass is 10.0. The van der Waals surface area contributed by atoms with Gasteiger partial charge in [-0.05, 0) is 53.8 Å². The van der Waals surface area contributed by atoms with Gasteiger partial charge in [0.15, 0.2) is 15.0 Å². The molecule has 0 N–H and O–H groups in total. The molecule has 0 spiro atoms. The third-order valence-electron chi connectivity index (χ3n) is 5.75. The molecule has 3 aromatic carbocycles. The number of anilines is 1. The van der Waals surface area contributed by atoms with Gasteiger partial charge >= 0.3 is 0 Å². The molecule has 4 rings (SSSR count). The van der Waals surface area contributed by atoms with Crippen molar-refractivity contribution in [3.63, 3.8) is 0 Å². The molecule has 35 heavy (non-hydrogen) atoms. The Labute approximate surface area is 209 Å². The van der Waals surface area contributed by atoms with Gasteiger partial charge in [-0.15, -0.1) is 0 Å². The Bertz CT molecular complexity index is 1420. The van der Waals surface area contributed by atoms with Crippen LogP contribution in [0.15, 0.2) is 77.7 Å². The van der Waals surface area contributed by atoms with E-state index >= 15 is 0 Å². The summed E-state index contributed by atoms with van der Waals surface area (Å²) >= 11 is 1.46. The number of nitrogens with zero attached hydrogens (tertiary/aromatic N) is 2. The van der Waals surface area contributed by atoms with E-state index in [-0.39, 0.29) is 29.4 Å². The number of amides is 1. The summed E-state index contributed by atoms with van der Waals surface area (Å²) in [5.41, 5.74) is 2.98. The Morgan fingerprint density at radius 2 is 1.71 bits per heavy atom. The summed E-state index contributed by atoms with van der Waals surface area (Å²) in [6, 6.07) is 20.5. The summed E-state index contributed by atoms with van der Waals surface area (Å²) in [5.74, 6) is -0.579. The van der Waals surface area contributed by atoms with Gasteiger partial charge in [0.25, 0.3) is 0 Å². The Morgan fingerprint density at radius 1 is 1.00 bits per heavy atom. The van der Waals surface area contributed by atoms with Crippen molar-refractivity contribution in [1.29, 1.82) is 0 Å². The molecule has 182 valence electrons. The van der Waals surface area contributed by atoms with Crippen molar-refractivity contribution in [2.75, 3.05) is 10.7 Å². The van der Waals surface area contributed by atoms with Gasteiger partial charge in [0.05, 0.1) is 27.4 Å². The number of benzene rings is 3. The summed E-state index contributed by atoms with van der Waals surface area (Å²) in [4.78, 5) is 19.9. The van der Waals surface area contributed by atoms with E-state index in [1.54, 1.807) is 4.90 Å². The Morgan fingerprint density at radius 3 is 2.40 bits per heavy atom. The number of para-hydroxylation sites is 1. The van der Waals surface area contributed by atoms with Crippen LogP contribution in [0.3, 0.4) is 0 Å². The first-order valence-corrected chi connectivity index (χ1v) is 13.9. The van der Waals surface area contributed by atoms with E-state index < -0.39 is 15.7 Å². The smallest absolute Gasteiger partial charge is 0.229 e. The zero-order valence-corrected chi connectivity index (χ0v) is 21.3. The normalized spacial score (nSPS) is 11.8. The largest absolute Gasteiger partial charge is 0.284 e. The number of rotatable bonds is 9. The molecule has 1 heterocycles. The van der Waals surface area contributed by atoms with E-state index in [1.165, 1.54) is 23.5 Å². The lowest BCUT2D eigenvalue weighted by Crippen LogP contribution is -2.30. The van der Waals surface area contributed by atoms with Gasteiger partial charge in [0, 0.05) is 6.42 Å². The van der Waals surface area contributed by atoms with Crippen molar-refractivity contribution in [1.82, 2.24) is 4.98 Å². The summed E-state index contributed by atoms with van der Waals surface area (Å²) in [6.45, 7) is 4.58. The summed E-state index contributed by atoms with van der Waals surface area (Å²) in [7, 11) is -3.61. The van der Waals surface area contributed by atoms with Crippen LogP contribution in [-0.2, 0) is 21.2 Å². The second-order valence-electron chi connectivity index (χ2n) is 8.69. The number of hydrogen-bond acceptors (Lipinski definition) is 5. The number of fused-ring (bicyclic) bond motifs is 1. The molecule has 1 amide bonds. The van der Waals surface area contributed by atoms with Crippen molar-refractivity contribution in [3.05, 3.63) is 89.7 Å².